The van der Waals surface area contributed by atoms with E-state index in [2.05, 4.69) is 45.8 Å². The Morgan fingerprint density at radius 1 is 1.15 bits per heavy atom. The molecule has 4 rings (SSSR count). The fourth-order valence-corrected chi connectivity index (χ4v) is 4.14. The molecular formula is C22H25N3O2. The predicted octanol–water partition coefficient (Wildman–Crippen LogP) is 3.96. The van der Waals surface area contributed by atoms with Gasteiger partial charge in [-0.15, -0.1) is 10.2 Å². The van der Waals surface area contributed by atoms with Crippen molar-refractivity contribution in [2.45, 2.75) is 50.9 Å². The summed E-state index contributed by atoms with van der Waals surface area (Å²) in [4.78, 5) is 12.3. The molecule has 0 saturated heterocycles. The van der Waals surface area contributed by atoms with Crippen LogP contribution < -0.4 is 0 Å². The number of rotatable bonds is 4. The lowest BCUT2D eigenvalue weighted by Crippen LogP contribution is -2.37. The normalized spacial score (nSPS) is 16.1. The lowest BCUT2D eigenvalue weighted by atomic mass is 9.63. The molecule has 0 spiro atoms. The van der Waals surface area contributed by atoms with Gasteiger partial charge in [0, 0.05) is 11.8 Å². The number of nitrogens with zero attached hydrogens (tertiary/aromatic N) is 3. The average Bonchev–Trinajstić information content (AvgIpc) is 3.06. The molecule has 5 nitrogen and oxygen atoms in total. The van der Waals surface area contributed by atoms with Gasteiger partial charge in [0.2, 0.25) is 0 Å². The first-order valence-corrected chi connectivity index (χ1v) is 9.40. The zero-order valence-electron chi connectivity index (χ0n) is 16.3. The lowest BCUT2D eigenvalue weighted by molar-refractivity contribution is -0.146. The predicted molar refractivity (Wildman–Crippen MR) is 104 cm³/mol. The third-order valence-electron chi connectivity index (χ3n) is 6.04. The number of hydrogen-bond acceptors (Lipinski definition) is 4. The molecule has 0 N–H and O–H groups in total. The number of carbonyl (C=O) groups excluding carboxylic acids is 1. The minimum atomic E-state index is -0.793. The van der Waals surface area contributed by atoms with Gasteiger partial charge in [-0.25, -0.2) is 0 Å². The van der Waals surface area contributed by atoms with Crippen molar-refractivity contribution in [3.63, 3.8) is 0 Å². The zero-order chi connectivity index (χ0) is 19.2. The van der Waals surface area contributed by atoms with Crippen molar-refractivity contribution in [2.24, 2.45) is 0 Å². The molecular weight excluding hydrogens is 338 g/mol. The third kappa shape index (κ3) is 2.56. The van der Waals surface area contributed by atoms with E-state index in [1.807, 2.05) is 32.2 Å². The van der Waals surface area contributed by atoms with Gasteiger partial charge >= 0.3 is 5.97 Å². The Morgan fingerprint density at radius 2 is 1.85 bits per heavy atom. The largest absolute Gasteiger partial charge is 0.468 e. The summed E-state index contributed by atoms with van der Waals surface area (Å²) in [5.41, 5.74) is 3.18. The van der Waals surface area contributed by atoms with Gasteiger partial charge in [0.05, 0.1) is 17.9 Å². The summed E-state index contributed by atoms with van der Waals surface area (Å²) in [5.74, 6) is 0.673. The van der Waals surface area contributed by atoms with Crippen molar-refractivity contribution >= 4 is 11.6 Å². The van der Waals surface area contributed by atoms with E-state index in [1.54, 1.807) is 0 Å². The quantitative estimate of drug-likeness (QED) is 0.659. The van der Waals surface area contributed by atoms with Gasteiger partial charge < -0.3 is 4.74 Å². The van der Waals surface area contributed by atoms with Crippen molar-refractivity contribution in [3.8, 4) is 0 Å². The highest BCUT2D eigenvalue weighted by molar-refractivity contribution is 5.84. The Labute approximate surface area is 159 Å². The van der Waals surface area contributed by atoms with Gasteiger partial charge in [0.1, 0.15) is 5.82 Å². The van der Waals surface area contributed by atoms with Gasteiger partial charge in [0.15, 0.2) is 5.65 Å². The summed E-state index contributed by atoms with van der Waals surface area (Å²) < 4.78 is 7.06. The molecule has 2 heterocycles. The van der Waals surface area contributed by atoms with Crippen LogP contribution in [0.4, 0.5) is 0 Å². The minimum Gasteiger partial charge on any atom is -0.468 e. The molecule has 0 amide bonds. The summed E-state index contributed by atoms with van der Waals surface area (Å²) >= 11 is 0. The standard InChI is InChI=1S/C22H25N3O2/c1-15-8-10-16(11-9-15)22(12-6-13-22)19-24-23-18-17(7-5-14-25(18)19)21(2,3)20(26)27-4/h5,7-11,14H,6,12-13H2,1-4H3. The van der Waals surface area contributed by atoms with E-state index >= 15 is 0 Å². The Hall–Kier alpha value is -2.69. The number of benzene rings is 1. The molecule has 1 fully saturated rings. The maximum atomic E-state index is 12.3. The second-order valence-corrected chi connectivity index (χ2v) is 8.06. The van der Waals surface area contributed by atoms with Crippen molar-refractivity contribution in [2.75, 3.05) is 7.11 Å². The lowest BCUT2D eigenvalue weighted by Gasteiger charge is -2.41. The minimum absolute atomic E-state index is 0.110. The van der Waals surface area contributed by atoms with Crippen LogP contribution >= 0.6 is 0 Å². The van der Waals surface area contributed by atoms with Crippen molar-refractivity contribution in [1.82, 2.24) is 14.6 Å². The van der Waals surface area contributed by atoms with Crippen molar-refractivity contribution in [3.05, 3.63) is 65.1 Å². The van der Waals surface area contributed by atoms with E-state index in [0.717, 1.165) is 29.9 Å². The fourth-order valence-electron chi connectivity index (χ4n) is 4.14. The van der Waals surface area contributed by atoms with E-state index < -0.39 is 5.41 Å². The van der Waals surface area contributed by atoms with E-state index in [1.165, 1.54) is 24.7 Å². The number of aryl methyl sites for hydroxylation is 1. The Bertz CT molecular complexity index is 998. The van der Waals surface area contributed by atoms with E-state index in [4.69, 9.17) is 4.74 Å². The highest BCUT2D eigenvalue weighted by Crippen LogP contribution is 2.48. The van der Waals surface area contributed by atoms with Crippen LogP contribution in [0.25, 0.3) is 5.65 Å². The molecule has 3 aromatic rings. The van der Waals surface area contributed by atoms with Crippen LogP contribution in [0.3, 0.4) is 0 Å². The van der Waals surface area contributed by atoms with E-state index in [-0.39, 0.29) is 11.4 Å². The molecule has 0 aliphatic heterocycles. The third-order valence-corrected chi connectivity index (χ3v) is 6.04. The van der Waals surface area contributed by atoms with Gasteiger partial charge in [-0.3, -0.25) is 9.20 Å². The molecule has 1 saturated carbocycles. The van der Waals surface area contributed by atoms with Gasteiger partial charge in [0.25, 0.3) is 0 Å². The number of ether oxygens (including phenoxy) is 1. The topological polar surface area (TPSA) is 56.5 Å². The number of esters is 1. The molecule has 140 valence electrons. The number of aromatic nitrogens is 3. The van der Waals surface area contributed by atoms with Crippen LogP contribution in [-0.2, 0) is 20.4 Å². The molecule has 0 bridgehead atoms. The van der Waals surface area contributed by atoms with Crippen molar-refractivity contribution < 1.29 is 9.53 Å². The highest BCUT2D eigenvalue weighted by Gasteiger charge is 2.45. The molecule has 5 heteroatoms. The summed E-state index contributed by atoms with van der Waals surface area (Å²) in [5, 5.41) is 9.11. The Morgan fingerprint density at radius 3 is 2.44 bits per heavy atom. The number of methoxy groups -OCH3 is 1. The van der Waals surface area contributed by atoms with Crippen LogP contribution in [0.1, 0.15) is 55.6 Å². The van der Waals surface area contributed by atoms with Crippen molar-refractivity contribution in [1.29, 1.82) is 0 Å². The molecule has 27 heavy (non-hydrogen) atoms. The van der Waals surface area contributed by atoms with E-state index in [9.17, 15) is 4.79 Å². The number of pyridine rings is 1. The van der Waals surface area contributed by atoms with E-state index in [0.29, 0.717) is 0 Å². The van der Waals surface area contributed by atoms with Gasteiger partial charge in [-0.1, -0.05) is 42.3 Å². The number of carbonyl (C=O) groups is 1. The van der Waals surface area contributed by atoms with Crippen LogP contribution in [0, 0.1) is 6.92 Å². The monoisotopic (exact) mass is 363 g/mol. The zero-order valence-corrected chi connectivity index (χ0v) is 16.3. The molecule has 1 aromatic carbocycles. The molecule has 0 unspecified atom stereocenters. The maximum Gasteiger partial charge on any atom is 0.315 e. The smallest absolute Gasteiger partial charge is 0.315 e. The second-order valence-electron chi connectivity index (χ2n) is 8.06. The van der Waals surface area contributed by atoms with Crippen LogP contribution in [0.2, 0.25) is 0 Å². The number of hydrogen-bond donors (Lipinski definition) is 0. The summed E-state index contributed by atoms with van der Waals surface area (Å²) in [6.45, 7) is 5.83. The number of fused-ring (bicyclic) bond motifs is 1. The molecule has 1 aliphatic rings. The highest BCUT2D eigenvalue weighted by atomic mass is 16.5. The first-order chi connectivity index (χ1) is 12.9. The average molecular weight is 363 g/mol. The first kappa shape index (κ1) is 17.7. The summed E-state index contributed by atoms with van der Waals surface area (Å²) in [6, 6.07) is 12.6. The van der Waals surface area contributed by atoms with Crippen LogP contribution in [0.15, 0.2) is 42.6 Å². The Kier molecular flexibility index (Phi) is 4.06. The molecule has 2 aromatic heterocycles. The SMILES string of the molecule is COC(=O)C(C)(C)c1cccn2c(C3(c4ccc(C)cc4)CCC3)nnc12. The molecule has 0 radical (unpaired) electrons. The van der Waals surface area contributed by atoms with Gasteiger partial charge in [-0.05, 0) is 45.2 Å². The maximum absolute atomic E-state index is 12.3. The summed E-state index contributed by atoms with van der Waals surface area (Å²) in [6.07, 6.45) is 5.29. The molecule has 0 atom stereocenters. The molecule has 1 aliphatic carbocycles. The Balaban J connectivity index is 1.88. The first-order valence-electron chi connectivity index (χ1n) is 9.40. The van der Waals surface area contributed by atoms with Crippen LogP contribution in [-0.4, -0.2) is 27.7 Å². The van der Waals surface area contributed by atoms with Gasteiger partial charge in [-0.2, -0.15) is 0 Å². The second kappa shape index (κ2) is 6.19. The summed E-state index contributed by atoms with van der Waals surface area (Å²) in [7, 11) is 1.42. The van der Waals surface area contributed by atoms with Crippen LogP contribution in [0.5, 0.6) is 0 Å². The fraction of sp³-hybridized carbons (Fsp3) is 0.409.